The molecule has 36 nitrogen and oxygen atoms in total. The summed E-state index contributed by atoms with van der Waals surface area (Å²) in [7, 11) is 37.3. The summed E-state index contributed by atoms with van der Waals surface area (Å²) in [6.07, 6.45) is 0.498. The van der Waals surface area contributed by atoms with E-state index >= 15 is 0 Å². The van der Waals surface area contributed by atoms with E-state index in [0.29, 0.717) is 47.3 Å². The summed E-state index contributed by atoms with van der Waals surface area (Å²) >= 11 is -1.96. The third-order valence-corrected chi connectivity index (χ3v) is 15.5. The van der Waals surface area contributed by atoms with Crippen molar-refractivity contribution in [1.82, 2.24) is 26.6 Å². The molecule has 0 fully saturated rings. The number of non-ortho nitro benzene ring substituents is 3. The Labute approximate surface area is 792 Å². The quantitative estimate of drug-likeness (QED) is 0.00198. The van der Waals surface area contributed by atoms with Crippen molar-refractivity contribution in [3.05, 3.63) is 257 Å². The molecule has 0 saturated heterocycles. The van der Waals surface area contributed by atoms with Gasteiger partial charge in [-0.15, -0.1) is 30.6 Å². The van der Waals surface area contributed by atoms with Crippen LogP contribution in [0.5, 0.6) is 0 Å². The van der Waals surface area contributed by atoms with Gasteiger partial charge in [-0.2, -0.15) is 0 Å². The number of rotatable bonds is 29. The molecule has 6 unspecified atom stereocenters. The number of benzene rings is 7. The van der Waals surface area contributed by atoms with E-state index in [1.54, 1.807) is 66.6 Å². The van der Waals surface area contributed by atoms with Crippen molar-refractivity contribution in [3.63, 3.8) is 0 Å². The van der Waals surface area contributed by atoms with Crippen LogP contribution in [0, 0.1) is 30.3 Å². The fourth-order valence-corrected chi connectivity index (χ4v) is 9.52. The van der Waals surface area contributed by atoms with E-state index in [4.69, 9.17) is 77.0 Å². The number of carboxylic acid groups (broad SMARTS) is 2. The second-order valence-corrected chi connectivity index (χ2v) is 36.8. The summed E-state index contributed by atoms with van der Waals surface area (Å²) in [5.74, 6) is -2.42. The molecule has 7 rings (SSSR count). The van der Waals surface area contributed by atoms with Gasteiger partial charge in [0.2, 0.25) is 0 Å². The van der Waals surface area contributed by atoms with Crippen LogP contribution >= 0.6 is 58.3 Å². The van der Waals surface area contributed by atoms with Gasteiger partial charge in [-0.05, 0) is 117 Å². The molecule has 0 aliphatic carbocycles. The topological polar surface area (TPSA) is 549 Å². The minimum Gasteiger partial charge on any atom is 0 e. The third kappa shape index (κ3) is 62.5. The number of hydrogen-bond donors (Lipinski definition) is 13. The van der Waals surface area contributed by atoms with Crippen molar-refractivity contribution >= 4 is 165 Å². The number of aliphatic imine (C=N–C) groups is 2. The molecule has 44 heteroatoms. The molecule has 0 aromatic heterocycles. The molecule has 126 heavy (non-hydrogen) atoms. The molecule has 0 aliphatic heterocycles. The van der Waals surface area contributed by atoms with Gasteiger partial charge in [0.25, 0.3) is 17.1 Å². The number of carbonyl (C=O) groups excluding carboxylic acids is 5. The molecule has 0 heterocycles. The smallest absolute Gasteiger partial charge is 0 e. The number of nitrogen functional groups attached to an aromatic ring is 1. The van der Waals surface area contributed by atoms with Gasteiger partial charge in [-0.3, -0.25) is 78.6 Å². The molecule has 7 aromatic rings. The number of nitro benzene ring substituents is 3. The first-order chi connectivity index (χ1) is 57.8. The minimum absolute atomic E-state index is 0. The molecule has 0 spiro atoms. The Kier molecular flexibility index (Phi) is 81.1. The number of esters is 5. The molecular formula is C82H124Cl4FHgIN16O20Sn. The zero-order chi connectivity index (χ0) is 93.2. The summed E-state index contributed by atoms with van der Waals surface area (Å²) in [4.78, 5) is 114. The molecule has 2 radical (unpaired) electrons. The molecule has 700 valence electrons. The van der Waals surface area contributed by atoms with Gasteiger partial charge in [0.15, 0.2) is 11.9 Å². The monoisotopic (exact) mass is 2260 g/mol. The number of methoxy groups -OCH3 is 4. The van der Waals surface area contributed by atoms with Crippen LogP contribution in [-0.2, 0) is 86.0 Å². The number of allylic oxidation sites excluding steroid dienone is 1. The predicted octanol–water partition coefficient (Wildman–Crippen LogP) is 14.9. The van der Waals surface area contributed by atoms with Gasteiger partial charge in [0.1, 0.15) is 6.61 Å². The molecule has 0 bridgehead atoms. The maximum atomic E-state index is 11.4. The fourth-order valence-electron chi connectivity index (χ4n) is 9.52. The van der Waals surface area contributed by atoms with E-state index in [9.17, 15) is 63.9 Å². The maximum Gasteiger partial charge on any atom is 0 e. The maximum absolute atomic E-state index is 11.4. The summed E-state index contributed by atoms with van der Waals surface area (Å²) in [6, 6.07) is 48.1. The first-order valence-electron chi connectivity index (χ1n) is 36.3. The van der Waals surface area contributed by atoms with E-state index in [0.717, 1.165) is 33.6 Å². The number of guanidine groups is 2. The molecule has 0 saturated carbocycles. The van der Waals surface area contributed by atoms with Gasteiger partial charge in [0.05, 0.1) is 81.7 Å². The van der Waals surface area contributed by atoms with Crippen LogP contribution in [0.25, 0.3) is 0 Å². The zero-order valence-corrected chi connectivity index (χ0v) is 84.9. The van der Waals surface area contributed by atoms with Gasteiger partial charge >= 0.3 is 117 Å². The Morgan fingerprint density at radius 1 is 0.508 bits per heavy atom. The van der Waals surface area contributed by atoms with Crippen LogP contribution in [0.4, 0.5) is 38.8 Å². The minimum atomic E-state index is -1.14. The fraction of sp³-hybridized carbons (Fsp3) is 0.354. The number of hydrogen-bond acceptors (Lipinski definition) is 27. The van der Waals surface area contributed by atoms with Gasteiger partial charge in [-0.1, -0.05) is 124 Å². The molecule has 0 amide bonds. The Balaban J connectivity index is -0.000000180. The zero-order valence-electron chi connectivity index (χ0n) is 71.2. The van der Waals surface area contributed by atoms with Crippen LogP contribution in [0.1, 0.15) is 152 Å². The van der Waals surface area contributed by atoms with E-state index < -0.39 is 85.8 Å². The number of carboxylic acids is 2. The Morgan fingerprint density at radius 2 is 0.810 bits per heavy atom. The first-order valence-corrected chi connectivity index (χ1v) is 57.1. The number of anilines is 3. The van der Waals surface area contributed by atoms with E-state index in [1.807, 2.05) is 124 Å². The molecule has 7 aromatic carbocycles. The van der Waals surface area contributed by atoms with Crippen molar-refractivity contribution in [3.8, 4) is 0 Å². The van der Waals surface area contributed by atoms with E-state index in [1.165, 1.54) is 89.5 Å². The van der Waals surface area contributed by atoms with Crippen molar-refractivity contribution in [1.29, 1.82) is 0 Å². The van der Waals surface area contributed by atoms with Gasteiger partial charge in [0, 0.05) is 121 Å². The van der Waals surface area contributed by atoms with Crippen molar-refractivity contribution in [2.75, 3.05) is 94.1 Å². The van der Waals surface area contributed by atoms with Crippen molar-refractivity contribution in [2.24, 2.45) is 27.2 Å². The first kappa shape index (κ1) is 130. The van der Waals surface area contributed by atoms with Crippen LogP contribution < -0.4 is 60.2 Å². The number of aliphatic carboxylic acids is 2. The average Bonchev–Trinajstić information content (AvgIpc) is 0.878. The van der Waals surface area contributed by atoms with Gasteiger partial charge in [-0.25, -0.2) is 0 Å². The van der Waals surface area contributed by atoms with Crippen molar-refractivity contribution < 1.29 is 112 Å². The summed E-state index contributed by atoms with van der Waals surface area (Å²) in [5.41, 5.74) is 31.5. The predicted molar refractivity (Wildman–Crippen MR) is 510 cm³/mol. The molecular weight excluding hydrogens is 2140 g/mol. The Hall–Kier alpha value is -9.58. The third-order valence-electron chi connectivity index (χ3n) is 15.5. The largest absolute Gasteiger partial charge is 0 e. The standard InChI is InChI=1S/C14H22N4O2.C12H18N4O2.C11H14N2O4.C11H16N2O2.C10H12N2O4.C9H10N2O4.C9H10O2.C4H8.2CH4.4ClH.FH.Hg.HI.Sn.2H2/c1-15-12(9-13(19)20-4)10-6-5-7-11(8-10)18-14(16-2)17-3;1-14-10(7-11(17)18)8-4-3-5-9(6-8)16-12(13)15-2;1-12-10(7-11(14)17-2)8-4-3-5-9(6-8)13(15)16;1-13-10(7-11(14)15-2)8-4-3-5-9(12)6-8;1-16-10(13)6-9(11)7-3-2-4-8(5-7)12(14)15;10-8(5-9(12)13)6-2-1-3-7(4-6)11(14)15;1-8(10)11-7-9-5-3-2-4-6-9;1-4(2)3;;;;;;;;;;;;/h5-8,12,15H,9H2,1-4H3,(H2,16,17,18);3-6,10,14H,7H2,1-2H3,(H,17,18)(H3,13,15,16);3-6,10,12H,7H2,1-2H3;3-6,10,13H,7,12H2,1-2H3;2-5,9H,6,11H2,1H3;1-4,8H,5,10H2,(H,12,13);2-6H,7H2,1H3;1H2,2-3H3;2*1H4;5*1H;;1H;;2*1H/q;;;;;;;;;;;;;;;+2;;+2;;/p-4/i;;;;;;;;;;;;;;;;;;1+1;. The van der Waals surface area contributed by atoms with Crippen LogP contribution in [-0.4, -0.2) is 175 Å². The number of nitrogens with one attached hydrogen (secondary N) is 7. The van der Waals surface area contributed by atoms with E-state index in [-0.39, 0.29) is 144 Å². The average molecular weight is 2260 g/mol. The number of nitrogens with two attached hydrogens (primary N) is 4. The molecule has 0 aliphatic rings. The van der Waals surface area contributed by atoms with Crippen LogP contribution in [0.15, 0.2) is 198 Å². The van der Waals surface area contributed by atoms with Crippen LogP contribution in [0.2, 0.25) is 0 Å². The number of halogens is 6. The molecule has 6 atom stereocenters. The number of nitro groups is 3. The van der Waals surface area contributed by atoms with Crippen molar-refractivity contribution in [2.45, 2.75) is 117 Å². The molecule has 17 N–H and O–H groups in total. The SMILES string of the molecule is C.C.C=C(C)C.CC(=O)OCc1ccccc1.CN=C(N)Nc1cccc(C(CC(=O)O)NC)c1.CN=C(NC)Nc1cccc(C(CC(=O)OC)NC)c1.CNC(CC(=O)OC)c1cccc(N)c1.CNC(CC(=O)OC)c1cccc([N+](=O)[O-])c1.COC(=O)CC(N)c1cccc([N+](=O)[O-])c1.F.I.NC(CC(=O)O)c1cccc([N+](=O)[O-])c1.[2HH].[Cl][Hg][Cl].[Cl][Sn][Cl].[HH]. The summed E-state index contributed by atoms with van der Waals surface area (Å²) in [5, 5.41) is 70.1. The van der Waals surface area contributed by atoms with E-state index in [2.05, 4.69) is 68.0 Å². The Morgan fingerprint density at radius 3 is 1.12 bits per heavy atom. The second-order valence-electron chi connectivity index (χ2n) is 24.7. The summed E-state index contributed by atoms with van der Waals surface area (Å²) in [6.45, 7) is 9.28. The number of ether oxygens (including phenoxy) is 5. The number of nitrogens with zero attached hydrogens (tertiary/aromatic N) is 5. The number of carbonyl (C=O) groups is 7. The Bertz CT molecular complexity index is 4390. The van der Waals surface area contributed by atoms with Crippen LogP contribution in [0.3, 0.4) is 0 Å². The van der Waals surface area contributed by atoms with Gasteiger partial charge < -0.3 is 94.0 Å². The second kappa shape index (κ2) is 78.9. The summed E-state index contributed by atoms with van der Waals surface area (Å²) < 4.78 is 23.2. The normalized spacial score (nSPS) is 11.1.